The molecule has 0 atom stereocenters. The number of hydrogen-bond donors (Lipinski definition) is 1. The van der Waals surface area contributed by atoms with Crippen molar-refractivity contribution in [3.05, 3.63) is 60.2 Å². The summed E-state index contributed by atoms with van der Waals surface area (Å²) in [5.74, 6) is -0.293. The first-order valence-corrected chi connectivity index (χ1v) is 12.2. The highest BCUT2D eigenvalue weighted by atomic mass is 19.4. The molecule has 1 aromatic carbocycles. The number of ether oxygens (including phenoxy) is 2. The third-order valence-corrected chi connectivity index (χ3v) is 6.52. The highest BCUT2D eigenvalue weighted by Gasteiger charge is 2.31. The molecule has 0 amide bonds. The molecule has 7 nitrogen and oxygen atoms in total. The summed E-state index contributed by atoms with van der Waals surface area (Å²) in [6.45, 7) is 2.16. The maximum absolute atomic E-state index is 15.0. The van der Waals surface area contributed by atoms with Crippen molar-refractivity contribution in [2.24, 2.45) is 5.92 Å². The molecule has 0 bridgehead atoms. The molecule has 1 N–H and O–H groups in total. The minimum Gasteiger partial charge on any atom is -0.474 e. The smallest absolute Gasteiger partial charge is 0.416 e. The summed E-state index contributed by atoms with van der Waals surface area (Å²) in [5.41, 5.74) is 0.511. The zero-order valence-electron chi connectivity index (χ0n) is 20.4. The number of esters is 1. The van der Waals surface area contributed by atoms with Crippen molar-refractivity contribution in [3.63, 3.8) is 0 Å². The van der Waals surface area contributed by atoms with Crippen LogP contribution in [0, 0.1) is 11.7 Å². The number of aromatic nitrogens is 4. The van der Waals surface area contributed by atoms with Crippen LogP contribution in [-0.2, 0) is 15.7 Å². The standard InChI is InChI=1S/C27H24F4N4O3/c1-2-37-26(36)15-3-7-19(8-4-15)38-23-10-5-16(13-32-23)24-20(28)11-17(14-33-24)25-34-21-9-6-18(27(29,30)31)12-22(21)35-25/h5-6,9-15,19H,2-4,7-8H2,1H3,(H,34,35). The van der Waals surface area contributed by atoms with Crippen LogP contribution in [0.25, 0.3) is 33.7 Å². The number of rotatable bonds is 6. The van der Waals surface area contributed by atoms with Gasteiger partial charge < -0.3 is 14.5 Å². The van der Waals surface area contributed by atoms with E-state index in [2.05, 4.69) is 19.9 Å². The molecule has 0 saturated heterocycles. The van der Waals surface area contributed by atoms with Gasteiger partial charge in [-0.3, -0.25) is 9.78 Å². The van der Waals surface area contributed by atoms with E-state index in [4.69, 9.17) is 9.47 Å². The van der Waals surface area contributed by atoms with Crippen LogP contribution in [-0.4, -0.2) is 38.6 Å². The number of carbonyl (C=O) groups excluding carboxylic acids is 1. The number of halogens is 4. The van der Waals surface area contributed by atoms with Gasteiger partial charge in [-0.05, 0) is 62.9 Å². The molecule has 5 rings (SSSR count). The first-order chi connectivity index (χ1) is 18.2. The molecule has 0 unspecified atom stereocenters. The fourth-order valence-electron chi connectivity index (χ4n) is 4.54. The molecule has 4 aromatic rings. The van der Waals surface area contributed by atoms with Crippen molar-refractivity contribution in [2.75, 3.05) is 6.61 Å². The Morgan fingerprint density at radius 1 is 1.03 bits per heavy atom. The van der Waals surface area contributed by atoms with Crippen molar-refractivity contribution in [1.29, 1.82) is 0 Å². The van der Waals surface area contributed by atoms with E-state index in [1.165, 1.54) is 24.5 Å². The number of nitrogens with one attached hydrogen (secondary N) is 1. The van der Waals surface area contributed by atoms with E-state index < -0.39 is 17.6 Å². The van der Waals surface area contributed by atoms with Gasteiger partial charge >= 0.3 is 12.1 Å². The van der Waals surface area contributed by atoms with Crippen molar-refractivity contribution in [1.82, 2.24) is 19.9 Å². The third kappa shape index (κ3) is 5.46. The van der Waals surface area contributed by atoms with E-state index in [9.17, 15) is 22.4 Å². The number of benzene rings is 1. The predicted octanol–water partition coefficient (Wildman–Crippen LogP) is 6.35. The number of aromatic amines is 1. The van der Waals surface area contributed by atoms with E-state index in [0.717, 1.165) is 12.1 Å². The Kier molecular flexibility index (Phi) is 7.00. The average molecular weight is 529 g/mol. The van der Waals surface area contributed by atoms with E-state index in [1.807, 2.05) is 0 Å². The van der Waals surface area contributed by atoms with Crippen LogP contribution in [0.15, 0.2) is 48.8 Å². The Labute approximate surface area is 215 Å². The summed E-state index contributed by atoms with van der Waals surface area (Å²) in [6.07, 6.45) is 1.12. The molecule has 0 spiro atoms. The van der Waals surface area contributed by atoms with Crippen LogP contribution in [0.5, 0.6) is 5.88 Å². The monoisotopic (exact) mass is 528 g/mol. The zero-order chi connectivity index (χ0) is 26.9. The Hall–Kier alpha value is -4.02. The SMILES string of the molecule is CCOC(=O)C1CCC(Oc2ccc(-c3ncc(-c4nc5ccc(C(F)(F)F)cc5[nH]4)cc3F)cn2)CC1. The Bertz CT molecular complexity index is 1450. The van der Waals surface area contributed by atoms with Crippen molar-refractivity contribution < 1.29 is 31.8 Å². The third-order valence-electron chi connectivity index (χ3n) is 6.52. The van der Waals surface area contributed by atoms with Gasteiger partial charge in [0.2, 0.25) is 5.88 Å². The number of imidazole rings is 1. The molecule has 11 heteroatoms. The highest BCUT2D eigenvalue weighted by molar-refractivity contribution is 5.80. The van der Waals surface area contributed by atoms with Crippen LogP contribution in [0.4, 0.5) is 17.6 Å². The van der Waals surface area contributed by atoms with Crippen LogP contribution in [0.2, 0.25) is 0 Å². The molecule has 1 aliphatic rings. The molecular weight excluding hydrogens is 504 g/mol. The lowest BCUT2D eigenvalue weighted by molar-refractivity contribution is -0.149. The summed E-state index contributed by atoms with van der Waals surface area (Å²) in [7, 11) is 0. The summed E-state index contributed by atoms with van der Waals surface area (Å²) >= 11 is 0. The van der Waals surface area contributed by atoms with Gasteiger partial charge in [0.05, 0.1) is 29.1 Å². The topological polar surface area (TPSA) is 90.0 Å². The normalized spacial score (nSPS) is 17.9. The van der Waals surface area contributed by atoms with E-state index >= 15 is 0 Å². The Morgan fingerprint density at radius 2 is 1.79 bits per heavy atom. The summed E-state index contributed by atoms with van der Waals surface area (Å²) in [4.78, 5) is 27.4. The lowest BCUT2D eigenvalue weighted by Crippen LogP contribution is -2.29. The van der Waals surface area contributed by atoms with Gasteiger partial charge in [0.1, 0.15) is 23.4 Å². The lowest BCUT2D eigenvalue weighted by Gasteiger charge is -2.27. The fraction of sp³-hybridized carbons (Fsp3) is 0.333. The molecule has 1 fully saturated rings. The zero-order valence-corrected chi connectivity index (χ0v) is 20.4. The molecule has 3 aromatic heterocycles. The van der Waals surface area contributed by atoms with Crippen molar-refractivity contribution in [3.8, 4) is 28.5 Å². The molecule has 3 heterocycles. The number of hydrogen-bond acceptors (Lipinski definition) is 6. The number of H-pyrrole nitrogens is 1. The van der Waals surface area contributed by atoms with Crippen LogP contribution >= 0.6 is 0 Å². The van der Waals surface area contributed by atoms with Gasteiger partial charge in [-0.25, -0.2) is 14.4 Å². The Morgan fingerprint density at radius 3 is 2.45 bits per heavy atom. The van der Waals surface area contributed by atoms with Crippen LogP contribution < -0.4 is 4.74 Å². The molecule has 198 valence electrons. The molecule has 1 saturated carbocycles. The van der Waals surface area contributed by atoms with E-state index in [0.29, 0.717) is 54.8 Å². The van der Waals surface area contributed by atoms with E-state index in [-0.39, 0.29) is 35.0 Å². The fourth-order valence-corrected chi connectivity index (χ4v) is 4.54. The number of pyridine rings is 2. The summed E-state index contributed by atoms with van der Waals surface area (Å²) in [6, 6.07) is 7.68. The molecule has 38 heavy (non-hydrogen) atoms. The molecule has 0 aliphatic heterocycles. The van der Waals surface area contributed by atoms with Gasteiger partial charge in [-0.15, -0.1) is 0 Å². The van der Waals surface area contributed by atoms with Gasteiger partial charge in [0.15, 0.2) is 0 Å². The van der Waals surface area contributed by atoms with Gasteiger partial charge in [0, 0.05) is 29.6 Å². The maximum Gasteiger partial charge on any atom is 0.416 e. The van der Waals surface area contributed by atoms with Gasteiger partial charge in [-0.1, -0.05) is 0 Å². The molecular formula is C27H24F4N4O3. The minimum absolute atomic E-state index is 0.0656. The van der Waals surface area contributed by atoms with Gasteiger partial charge in [0.25, 0.3) is 0 Å². The lowest BCUT2D eigenvalue weighted by atomic mass is 9.87. The summed E-state index contributed by atoms with van der Waals surface area (Å²) in [5, 5.41) is 0. The van der Waals surface area contributed by atoms with Crippen molar-refractivity contribution in [2.45, 2.75) is 44.9 Å². The average Bonchev–Trinajstić information content (AvgIpc) is 3.33. The minimum atomic E-state index is -4.48. The number of alkyl halides is 3. The number of fused-ring (bicyclic) bond motifs is 1. The second-order valence-electron chi connectivity index (χ2n) is 9.10. The second-order valence-corrected chi connectivity index (χ2v) is 9.10. The predicted molar refractivity (Wildman–Crippen MR) is 131 cm³/mol. The van der Waals surface area contributed by atoms with Crippen LogP contribution in [0.3, 0.4) is 0 Å². The number of nitrogens with zero attached hydrogens (tertiary/aromatic N) is 3. The maximum atomic E-state index is 15.0. The van der Waals surface area contributed by atoms with Crippen LogP contribution in [0.1, 0.15) is 38.2 Å². The first-order valence-electron chi connectivity index (χ1n) is 12.2. The van der Waals surface area contributed by atoms with Crippen molar-refractivity contribution >= 4 is 17.0 Å². The second kappa shape index (κ2) is 10.4. The highest BCUT2D eigenvalue weighted by Crippen LogP contribution is 2.33. The Balaban J connectivity index is 1.26. The molecule has 1 aliphatic carbocycles. The van der Waals surface area contributed by atoms with E-state index in [1.54, 1.807) is 19.1 Å². The summed E-state index contributed by atoms with van der Waals surface area (Å²) < 4.78 is 65.0. The largest absolute Gasteiger partial charge is 0.474 e. The quantitative estimate of drug-likeness (QED) is 0.232. The number of carbonyl (C=O) groups is 1. The molecule has 0 radical (unpaired) electrons. The first kappa shape index (κ1) is 25.6. The van der Waals surface area contributed by atoms with Gasteiger partial charge in [-0.2, -0.15) is 13.2 Å².